The Balaban J connectivity index is 2.03. The molecule has 2 nitrogen and oxygen atoms in total. The van der Waals surface area contributed by atoms with Crippen LogP contribution in [0, 0.1) is 11.3 Å². The van der Waals surface area contributed by atoms with Gasteiger partial charge < -0.3 is 5.32 Å². The zero-order valence-electron chi connectivity index (χ0n) is 11.0. The van der Waals surface area contributed by atoms with E-state index in [2.05, 4.69) is 53.9 Å². The van der Waals surface area contributed by atoms with Gasteiger partial charge in [0, 0.05) is 24.2 Å². The molecule has 0 aliphatic carbocycles. The molecule has 0 fully saturated rings. The van der Waals surface area contributed by atoms with Gasteiger partial charge in [-0.1, -0.05) is 48.5 Å². The van der Waals surface area contributed by atoms with E-state index in [1.807, 2.05) is 12.1 Å². The summed E-state index contributed by atoms with van der Waals surface area (Å²) in [6, 6.07) is 20.9. The minimum absolute atomic E-state index is 0.641. The fourth-order valence-corrected chi connectivity index (χ4v) is 2.06. The van der Waals surface area contributed by atoms with Crippen molar-refractivity contribution in [1.29, 1.82) is 5.26 Å². The number of benzene rings is 2. The first-order valence-electron chi connectivity index (χ1n) is 6.67. The highest BCUT2D eigenvalue weighted by Crippen LogP contribution is 2.27. The maximum atomic E-state index is 8.50. The molecule has 19 heavy (non-hydrogen) atoms. The first kappa shape index (κ1) is 13.2. The predicted octanol–water partition coefficient (Wildman–Crippen LogP) is 4.46. The summed E-state index contributed by atoms with van der Waals surface area (Å²) in [5.41, 5.74) is 3.61. The summed E-state index contributed by atoms with van der Waals surface area (Å²) in [5.74, 6) is 0. The van der Waals surface area contributed by atoms with Gasteiger partial charge in [-0.15, -0.1) is 0 Å². The van der Waals surface area contributed by atoms with Crippen LogP contribution >= 0.6 is 0 Å². The van der Waals surface area contributed by atoms with E-state index in [1.165, 1.54) is 11.1 Å². The quantitative estimate of drug-likeness (QED) is 0.768. The van der Waals surface area contributed by atoms with Gasteiger partial charge in [-0.05, 0) is 24.5 Å². The number of anilines is 1. The van der Waals surface area contributed by atoms with Gasteiger partial charge in [0.2, 0.25) is 0 Å². The molecule has 0 spiro atoms. The first-order chi connectivity index (χ1) is 9.42. The number of hydrogen-bond donors (Lipinski definition) is 1. The third-order valence-corrected chi connectivity index (χ3v) is 3.04. The second kappa shape index (κ2) is 7.23. The highest BCUT2D eigenvalue weighted by Gasteiger charge is 2.02. The van der Waals surface area contributed by atoms with Crippen molar-refractivity contribution in [2.75, 3.05) is 11.9 Å². The van der Waals surface area contributed by atoms with Crippen LogP contribution in [-0.4, -0.2) is 6.54 Å². The zero-order valence-corrected chi connectivity index (χ0v) is 11.0. The number of para-hydroxylation sites is 1. The Labute approximate surface area is 114 Å². The van der Waals surface area contributed by atoms with Crippen molar-refractivity contribution in [2.24, 2.45) is 0 Å². The maximum Gasteiger partial charge on any atom is 0.0621 e. The Morgan fingerprint density at radius 3 is 2.42 bits per heavy atom. The third kappa shape index (κ3) is 3.86. The van der Waals surface area contributed by atoms with E-state index in [1.54, 1.807) is 0 Å². The molecular formula is C17H18N2. The smallest absolute Gasteiger partial charge is 0.0621 e. The topological polar surface area (TPSA) is 35.8 Å². The Morgan fingerprint density at radius 2 is 1.63 bits per heavy atom. The van der Waals surface area contributed by atoms with Crippen molar-refractivity contribution in [3.05, 3.63) is 54.6 Å². The van der Waals surface area contributed by atoms with Crippen molar-refractivity contribution in [3.8, 4) is 17.2 Å². The lowest BCUT2D eigenvalue weighted by atomic mass is 10.0. The normalized spacial score (nSPS) is 9.84. The van der Waals surface area contributed by atoms with Crippen molar-refractivity contribution < 1.29 is 0 Å². The Hall–Kier alpha value is -2.27. The average Bonchev–Trinajstić information content (AvgIpc) is 2.48. The molecule has 0 saturated carbocycles. The molecule has 1 N–H and O–H groups in total. The van der Waals surface area contributed by atoms with Crippen molar-refractivity contribution >= 4 is 5.69 Å². The largest absolute Gasteiger partial charge is 0.385 e. The van der Waals surface area contributed by atoms with Gasteiger partial charge in [0.25, 0.3) is 0 Å². The molecule has 2 aromatic carbocycles. The fourth-order valence-electron chi connectivity index (χ4n) is 2.06. The van der Waals surface area contributed by atoms with Crippen molar-refractivity contribution in [2.45, 2.75) is 19.3 Å². The number of nitriles is 1. The van der Waals surface area contributed by atoms with Gasteiger partial charge in [0.1, 0.15) is 0 Å². The molecule has 0 aromatic heterocycles. The number of unbranched alkanes of at least 4 members (excludes halogenated alkanes) is 2. The molecule has 96 valence electrons. The van der Waals surface area contributed by atoms with E-state index in [4.69, 9.17) is 5.26 Å². The molecule has 0 atom stereocenters. The summed E-state index contributed by atoms with van der Waals surface area (Å²) < 4.78 is 0. The van der Waals surface area contributed by atoms with Crippen LogP contribution in [0.4, 0.5) is 5.69 Å². The van der Waals surface area contributed by atoms with Crippen molar-refractivity contribution in [3.63, 3.8) is 0 Å². The highest BCUT2D eigenvalue weighted by atomic mass is 14.9. The monoisotopic (exact) mass is 250 g/mol. The van der Waals surface area contributed by atoms with E-state index in [0.29, 0.717) is 6.42 Å². The molecular weight excluding hydrogens is 232 g/mol. The Kier molecular flexibility index (Phi) is 5.01. The van der Waals surface area contributed by atoms with Crippen LogP contribution in [0.3, 0.4) is 0 Å². The molecule has 2 rings (SSSR count). The summed E-state index contributed by atoms with van der Waals surface area (Å²) in [6.07, 6.45) is 2.62. The lowest BCUT2D eigenvalue weighted by Crippen LogP contribution is -2.02. The Morgan fingerprint density at radius 1 is 0.895 bits per heavy atom. The van der Waals surface area contributed by atoms with E-state index >= 15 is 0 Å². The molecule has 2 heteroatoms. The van der Waals surface area contributed by atoms with Crippen LogP contribution in [0.5, 0.6) is 0 Å². The number of nitrogens with zero attached hydrogens (tertiary/aromatic N) is 1. The predicted molar refractivity (Wildman–Crippen MR) is 79.8 cm³/mol. The van der Waals surface area contributed by atoms with Crippen LogP contribution in [0.25, 0.3) is 11.1 Å². The number of rotatable bonds is 6. The minimum atomic E-state index is 0.641. The van der Waals surface area contributed by atoms with E-state index < -0.39 is 0 Å². The molecule has 0 saturated heterocycles. The lowest BCUT2D eigenvalue weighted by molar-refractivity contribution is 0.785. The van der Waals surface area contributed by atoms with Crippen LogP contribution in [0.2, 0.25) is 0 Å². The standard InChI is InChI=1S/C17H18N2/c18-13-7-2-8-14-19-17-12-6-5-11-16(17)15-9-3-1-4-10-15/h1,3-6,9-12,19H,2,7-8,14H2. The number of nitrogens with one attached hydrogen (secondary N) is 1. The van der Waals surface area contributed by atoms with Crippen LogP contribution < -0.4 is 5.32 Å². The molecule has 0 amide bonds. The maximum absolute atomic E-state index is 8.50. The van der Waals surface area contributed by atoms with Gasteiger partial charge >= 0.3 is 0 Å². The van der Waals surface area contributed by atoms with Crippen molar-refractivity contribution in [1.82, 2.24) is 0 Å². The van der Waals surface area contributed by atoms with Crippen LogP contribution in [-0.2, 0) is 0 Å². The molecule has 2 aromatic rings. The summed E-state index contributed by atoms with van der Waals surface area (Å²) in [7, 11) is 0. The second-order valence-electron chi connectivity index (χ2n) is 4.45. The Bertz CT molecular complexity index is 541. The molecule has 0 heterocycles. The second-order valence-corrected chi connectivity index (χ2v) is 4.45. The molecule has 0 radical (unpaired) electrons. The SMILES string of the molecule is N#CCCCCNc1ccccc1-c1ccccc1. The summed E-state index contributed by atoms with van der Waals surface area (Å²) in [5, 5.41) is 12.0. The van der Waals surface area contributed by atoms with Gasteiger partial charge in [0.15, 0.2) is 0 Å². The van der Waals surface area contributed by atoms with Gasteiger partial charge in [-0.3, -0.25) is 0 Å². The van der Waals surface area contributed by atoms with Gasteiger partial charge in [-0.25, -0.2) is 0 Å². The molecule has 0 aliphatic rings. The van der Waals surface area contributed by atoms with Gasteiger partial charge in [-0.2, -0.15) is 5.26 Å². The third-order valence-electron chi connectivity index (χ3n) is 3.04. The summed E-state index contributed by atoms with van der Waals surface area (Å²) >= 11 is 0. The van der Waals surface area contributed by atoms with E-state index in [0.717, 1.165) is 25.1 Å². The van der Waals surface area contributed by atoms with Crippen LogP contribution in [0.1, 0.15) is 19.3 Å². The average molecular weight is 250 g/mol. The summed E-state index contributed by atoms with van der Waals surface area (Å²) in [6.45, 7) is 0.908. The molecule has 0 bridgehead atoms. The lowest BCUT2D eigenvalue weighted by Gasteiger charge is -2.11. The van der Waals surface area contributed by atoms with E-state index in [-0.39, 0.29) is 0 Å². The summed E-state index contributed by atoms with van der Waals surface area (Å²) in [4.78, 5) is 0. The highest BCUT2D eigenvalue weighted by molar-refractivity contribution is 5.77. The minimum Gasteiger partial charge on any atom is -0.385 e. The first-order valence-corrected chi connectivity index (χ1v) is 6.67. The van der Waals surface area contributed by atoms with Crippen LogP contribution in [0.15, 0.2) is 54.6 Å². The zero-order chi connectivity index (χ0) is 13.3. The van der Waals surface area contributed by atoms with Gasteiger partial charge in [0.05, 0.1) is 6.07 Å². The fraction of sp³-hybridized carbons (Fsp3) is 0.235. The number of hydrogen-bond acceptors (Lipinski definition) is 2. The van der Waals surface area contributed by atoms with E-state index in [9.17, 15) is 0 Å². The molecule has 0 aliphatic heterocycles. The molecule has 0 unspecified atom stereocenters.